The second-order valence-electron chi connectivity index (χ2n) is 5.91. The van der Waals surface area contributed by atoms with E-state index in [4.69, 9.17) is 11.6 Å². The number of nitrogens with one attached hydrogen (secondary N) is 1. The van der Waals surface area contributed by atoms with Gasteiger partial charge in [0, 0.05) is 23.8 Å². The van der Waals surface area contributed by atoms with Crippen molar-refractivity contribution in [3.05, 3.63) is 59.2 Å². The van der Waals surface area contributed by atoms with Crippen molar-refractivity contribution in [2.75, 3.05) is 5.32 Å². The molecule has 120 valence electrons. The second kappa shape index (κ2) is 7.11. The van der Waals surface area contributed by atoms with E-state index >= 15 is 0 Å². The Morgan fingerprint density at radius 2 is 2.17 bits per heavy atom. The lowest BCUT2D eigenvalue weighted by atomic mass is 10.1. The molecule has 4 nitrogen and oxygen atoms in total. The Kier molecular flexibility index (Phi) is 4.94. The van der Waals surface area contributed by atoms with Gasteiger partial charge in [-0.15, -0.1) is 0 Å². The van der Waals surface area contributed by atoms with Crippen LogP contribution in [0.3, 0.4) is 0 Å². The second-order valence-corrected chi connectivity index (χ2v) is 6.35. The van der Waals surface area contributed by atoms with E-state index in [-0.39, 0.29) is 11.9 Å². The zero-order valence-electron chi connectivity index (χ0n) is 13.1. The Labute approximate surface area is 141 Å². The summed E-state index contributed by atoms with van der Waals surface area (Å²) in [6.45, 7) is 2.67. The molecule has 0 radical (unpaired) electrons. The molecule has 0 aliphatic heterocycles. The lowest BCUT2D eigenvalue weighted by molar-refractivity contribution is -0.121. The van der Waals surface area contributed by atoms with Crippen molar-refractivity contribution in [1.82, 2.24) is 9.88 Å². The van der Waals surface area contributed by atoms with E-state index in [1.807, 2.05) is 43.3 Å². The number of carbonyl (C=O) groups excluding carboxylic acids is 1. The first kappa shape index (κ1) is 16.0. The van der Waals surface area contributed by atoms with Gasteiger partial charge in [0.25, 0.3) is 0 Å². The van der Waals surface area contributed by atoms with E-state index in [2.05, 4.69) is 15.2 Å². The Balaban J connectivity index is 1.69. The number of amides is 1. The van der Waals surface area contributed by atoms with Crippen LogP contribution in [0.4, 0.5) is 5.82 Å². The van der Waals surface area contributed by atoms with Gasteiger partial charge in [-0.3, -0.25) is 9.69 Å². The molecule has 1 heterocycles. The summed E-state index contributed by atoms with van der Waals surface area (Å²) in [6.07, 6.45) is 3.95. The van der Waals surface area contributed by atoms with Gasteiger partial charge in [-0.1, -0.05) is 29.8 Å². The molecular weight excluding hydrogens is 310 g/mol. The van der Waals surface area contributed by atoms with Gasteiger partial charge in [0.15, 0.2) is 0 Å². The maximum Gasteiger partial charge on any atom is 0.242 e. The molecule has 1 aromatic heterocycles. The van der Waals surface area contributed by atoms with E-state index in [1.54, 1.807) is 12.3 Å². The number of aromatic nitrogens is 1. The van der Waals surface area contributed by atoms with Gasteiger partial charge in [0.1, 0.15) is 5.82 Å². The van der Waals surface area contributed by atoms with E-state index in [1.165, 1.54) is 0 Å². The van der Waals surface area contributed by atoms with Gasteiger partial charge in [0.05, 0.1) is 6.04 Å². The average Bonchev–Trinajstić information content (AvgIpc) is 3.38. The summed E-state index contributed by atoms with van der Waals surface area (Å²) in [7, 11) is 0. The molecule has 1 amide bonds. The van der Waals surface area contributed by atoms with Gasteiger partial charge in [-0.25, -0.2) is 4.98 Å². The molecule has 1 aliphatic rings. The average molecular weight is 330 g/mol. The van der Waals surface area contributed by atoms with Crippen molar-refractivity contribution in [3.8, 4) is 0 Å². The van der Waals surface area contributed by atoms with E-state index in [0.717, 1.165) is 30.0 Å². The maximum absolute atomic E-state index is 12.5. The highest BCUT2D eigenvalue weighted by Gasteiger charge is 2.35. The van der Waals surface area contributed by atoms with Gasteiger partial charge >= 0.3 is 0 Å². The fraction of sp³-hybridized carbons (Fsp3) is 0.333. The van der Waals surface area contributed by atoms with Gasteiger partial charge in [-0.2, -0.15) is 0 Å². The summed E-state index contributed by atoms with van der Waals surface area (Å²) in [6, 6.07) is 13.5. The normalized spacial score (nSPS) is 15.4. The summed E-state index contributed by atoms with van der Waals surface area (Å²) in [5, 5.41) is 3.61. The first-order valence-corrected chi connectivity index (χ1v) is 8.23. The monoisotopic (exact) mass is 329 g/mol. The van der Waals surface area contributed by atoms with Gasteiger partial charge in [-0.05, 0) is 49.6 Å². The molecule has 0 saturated heterocycles. The third-order valence-electron chi connectivity index (χ3n) is 4.06. The fourth-order valence-corrected chi connectivity index (χ4v) is 2.87. The van der Waals surface area contributed by atoms with E-state index in [9.17, 15) is 4.79 Å². The topological polar surface area (TPSA) is 45.2 Å². The number of carbonyl (C=O) groups is 1. The van der Waals surface area contributed by atoms with Crippen LogP contribution in [-0.4, -0.2) is 27.9 Å². The fourth-order valence-electron chi connectivity index (χ4n) is 2.65. The smallest absolute Gasteiger partial charge is 0.242 e. The maximum atomic E-state index is 12.5. The van der Waals surface area contributed by atoms with Crippen LogP contribution in [0.25, 0.3) is 0 Å². The first-order valence-electron chi connectivity index (χ1n) is 7.85. The Morgan fingerprint density at radius 3 is 2.83 bits per heavy atom. The summed E-state index contributed by atoms with van der Waals surface area (Å²) in [5.41, 5.74) is 1.13. The molecule has 1 saturated carbocycles. The minimum atomic E-state index is -0.219. The van der Waals surface area contributed by atoms with Gasteiger partial charge < -0.3 is 5.32 Å². The summed E-state index contributed by atoms with van der Waals surface area (Å²) < 4.78 is 0. The molecular formula is C18H20ClN3O. The molecule has 3 rings (SSSR count). The molecule has 1 atom stereocenters. The van der Waals surface area contributed by atoms with Gasteiger partial charge in [0.2, 0.25) is 5.91 Å². The Hall–Kier alpha value is -1.91. The number of hydrogen-bond acceptors (Lipinski definition) is 3. The lowest BCUT2D eigenvalue weighted by Gasteiger charge is -2.28. The van der Waals surface area contributed by atoms with Crippen molar-refractivity contribution < 1.29 is 4.79 Å². The summed E-state index contributed by atoms with van der Waals surface area (Å²) in [5.74, 6) is 0.556. The van der Waals surface area contributed by atoms with Crippen molar-refractivity contribution in [3.63, 3.8) is 0 Å². The van der Waals surface area contributed by atoms with Crippen molar-refractivity contribution >= 4 is 23.3 Å². The number of hydrogen-bond donors (Lipinski definition) is 1. The lowest BCUT2D eigenvalue weighted by Crippen LogP contribution is -2.43. The predicted molar refractivity (Wildman–Crippen MR) is 92.3 cm³/mol. The zero-order valence-corrected chi connectivity index (χ0v) is 13.8. The van der Waals surface area contributed by atoms with E-state index in [0.29, 0.717) is 11.9 Å². The Morgan fingerprint density at radius 1 is 1.35 bits per heavy atom. The predicted octanol–water partition coefficient (Wildman–Crippen LogP) is 3.73. The largest absolute Gasteiger partial charge is 0.309 e. The standard InChI is InChI=1S/C18H20ClN3O/c1-13(18(23)21-17-7-2-3-10-20-17)22(16-8-9-16)12-14-5-4-6-15(19)11-14/h2-7,10-11,13,16H,8-9,12H2,1H3,(H,20,21,23). The first-order chi connectivity index (χ1) is 11.1. The van der Waals surface area contributed by atoms with Crippen LogP contribution in [0.15, 0.2) is 48.7 Å². The minimum Gasteiger partial charge on any atom is -0.309 e. The number of rotatable bonds is 6. The molecule has 1 N–H and O–H groups in total. The molecule has 2 aromatic rings. The third kappa shape index (κ3) is 4.30. The number of pyridine rings is 1. The summed E-state index contributed by atoms with van der Waals surface area (Å²) in [4.78, 5) is 18.9. The highest BCUT2D eigenvalue weighted by atomic mass is 35.5. The molecule has 5 heteroatoms. The number of nitrogens with zero attached hydrogens (tertiary/aromatic N) is 2. The van der Waals surface area contributed by atoms with Crippen molar-refractivity contribution in [2.24, 2.45) is 0 Å². The van der Waals surface area contributed by atoms with Crippen molar-refractivity contribution in [1.29, 1.82) is 0 Å². The quantitative estimate of drug-likeness (QED) is 0.878. The van der Waals surface area contributed by atoms with E-state index < -0.39 is 0 Å². The van der Waals surface area contributed by atoms with Crippen LogP contribution in [0.5, 0.6) is 0 Å². The third-order valence-corrected chi connectivity index (χ3v) is 4.30. The van der Waals surface area contributed by atoms with Crippen LogP contribution >= 0.6 is 11.6 Å². The SMILES string of the molecule is CC(C(=O)Nc1ccccn1)N(Cc1cccc(Cl)c1)C1CC1. The van der Waals surface area contributed by atoms with Crippen LogP contribution in [0, 0.1) is 0 Å². The summed E-state index contributed by atoms with van der Waals surface area (Å²) >= 11 is 6.07. The number of benzene rings is 1. The van der Waals surface area contributed by atoms with Crippen molar-refractivity contribution in [2.45, 2.75) is 38.4 Å². The Bertz CT molecular complexity index is 673. The molecule has 1 fully saturated rings. The highest BCUT2D eigenvalue weighted by Crippen LogP contribution is 2.30. The molecule has 23 heavy (non-hydrogen) atoms. The van der Waals surface area contributed by atoms with Crippen LogP contribution in [0.2, 0.25) is 5.02 Å². The molecule has 1 unspecified atom stereocenters. The minimum absolute atomic E-state index is 0.0300. The molecule has 0 spiro atoms. The van der Waals surface area contributed by atoms with Crippen LogP contribution in [-0.2, 0) is 11.3 Å². The number of halogens is 1. The molecule has 1 aliphatic carbocycles. The van der Waals surface area contributed by atoms with Crippen LogP contribution in [0.1, 0.15) is 25.3 Å². The van der Waals surface area contributed by atoms with Crippen LogP contribution < -0.4 is 5.32 Å². The molecule has 0 bridgehead atoms. The highest BCUT2D eigenvalue weighted by molar-refractivity contribution is 6.30. The molecule has 1 aromatic carbocycles. The number of anilines is 1. The zero-order chi connectivity index (χ0) is 16.2.